The van der Waals surface area contributed by atoms with E-state index < -0.39 is 0 Å². The standard InChI is InChI=1S/C48H31N3.C48H33N3.C42H27N3/c1-3-13-34(14-4-1)50-42-20-10-7-17-37(42)39-28-25-33(31-46(39)50)32-23-26-36(27-24-32)49-44-22-12-9-19-41(44)47-45(49)30-29-40-38-18-8-11-21-43(38)51(48(40)47)35-15-5-2-6-16-35;1-5-15-34(16-6-1)35-25-30-42-44-32-31-43-41-23-13-14-24-45(41)50(47(43)48(44)51(46(42)33-35)38-21-11-4-12-22-38)40-28-26-39(27-29-40)49(36-17-7-2-8-18-36)37-19-9-3-10-20-37;1-3-13-28(14-4-1)43-38-22-12-9-19-35(38)41-39(43)26-25-34-32-18-8-11-21-37(32)45(42(34)41)30-23-24-33-31-17-7-10-20-36(31)44(40(33)27-30)29-15-5-2-6-16-29/h1-31H;1-33H;1-27H. The minimum Gasteiger partial charge on any atom is -0.311 e. The Hall–Kier alpha value is -19.7. The molecule has 0 saturated carbocycles. The van der Waals surface area contributed by atoms with Gasteiger partial charge >= 0.3 is 0 Å². The highest BCUT2D eigenvalue weighted by Gasteiger charge is 2.28. The van der Waals surface area contributed by atoms with Gasteiger partial charge in [0.2, 0.25) is 0 Å². The van der Waals surface area contributed by atoms with E-state index >= 15 is 0 Å². The van der Waals surface area contributed by atoms with Crippen LogP contribution in [0.1, 0.15) is 0 Å². The second kappa shape index (κ2) is 34.6. The second-order valence-electron chi connectivity index (χ2n) is 38.2. The van der Waals surface area contributed by atoms with Crippen molar-refractivity contribution in [3.8, 4) is 67.8 Å². The van der Waals surface area contributed by atoms with E-state index in [0.717, 1.165) is 45.5 Å². The first-order valence-electron chi connectivity index (χ1n) is 50.5. The summed E-state index contributed by atoms with van der Waals surface area (Å²) in [6.45, 7) is 0. The lowest BCUT2D eigenvalue weighted by molar-refractivity contribution is 1.15. The summed E-state index contributed by atoms with van der Waals surface area (Å²) in [5.41, 5.74) is 36.7. The van der Waals surface area contributed by atoms with Crippen molar-refractivity contribution in [3.63, 3.8) is 0 Å². The Balaban J connectivity index is 0.000000104. The van der Waals surface area contributed by atoms with Gasteiger partial charge in [-0.1, -0.05) is 352 Å². The fourth-order valence-electron chi connectivity index (χ4n) is 23.9. The van der Waals surface area contributed by atoms with Crippen molar-refractivity contribution < 1.29 is 0 Å². The van der Waals surface area contributed by atoms with E-state index in [-0.39, 0.29) is 0 Å². The fourth-order valence-corrected chi connectivity index (χ4v) is 23.9. The molecule has 0 amide bonds. The molecule has 9 heteroatoms. The summed E-state index contributed by atoms with van der Waals surface area (Å²) >= 11 is 0. The molecule has 0 unspecified atom stereocenters. The third kappa shape index (κ3) is 13.6. The molecule has 0 aliphatic rings. The van der Waals surface area contributed by atoms with Crippen molar-refractivity contribution >= 4 is 192 Å². The molecule has 0 saturated heterocycles. The number of benzene rings is 23. The zero-order chi connectivity index (χ0) is 96.7. The number of fused-ring (bicyclic) bond motifs is 27. The van der Waals surface area contributed by atoms with Crippen LogP contribution < -0.4 is 4.90 Å². The minimum atomic E-state index is 1.11. The van der Waals surface area contributed by atoms with E-state index in [1.165, 1.54) is 214 Å². The maximum atomic E-state index is 2.49. The van der Waals surface area contributed by atoms with Crippen LogP contribution in [0.15, 0.2) is 552 Å². The molecule has 0 aliphatic carbocycles. The largest absolute Gasteiger partial charge is 0.311 e. The third-order valence-electron chi connectivity index (χ3n) is 30.1. The Bertz CT molecular complexity index is 10500. The molecule has 0 spiro atoms. The first-order chi connectivity index (χ1) is 73.0. The Morgan fingerprint density at radius 3 is 0.721 bits per heavy atom. The number of hydrogen-bond acceptors (Lipinski definition) is 1. The van der Waals surface area contributed by atoms with Crippen LogP contribution in [0.5, 0.6) is 0 Å². The van der Waals surface area contributed by atoms with Gasteiger partial charge in [-0.25, -0.2) is 0 Å². The SMILES string of the molecule is c1ccc(-c2ccc3c4ccc5c6ccccc6n(-c6ccc(N(c7ccccc7)c7ccccc7)cc6)c5c4n(-c4ccccc4)c3c2)cc1.c1ccc(-n2c3ccccc3c3ccc(-c4ccc(-n5c6ccccc6c6c5ccc5c7ccccc7n(-c7ccccc7)c56)cc4)cc32)cc1.c1ccc(-n2c3ccccc3c3ccc(-n4c5ccccc5c5ccc6c(c7ccccc7n6-c6ccccc6)c54)cc32)cc1. The summed E-state index contributed by atoms with van der Waals surface area (Å²) in [4.78, 5) is 2.31. The molecular formula is C138H91N9. The van der Waals surface area contributed by atoms with Gasteiger partial charge in [0.05, 0.1) is 88.3 Å². The number of nitrogens with zero attached hydrogens (tertiary/aromatic N) is 9. The molecule has 23 aromatic carbocycles. The number of hydrogen-bond donors (Lipinski definition) is 0. The molecule has 9 nitrogen and oxygen atoms in total. The summed E-state index contributed by atoms with van der Waals surface area (Å²) < 4.78 is 19.5. The maximum Gasteiger partial charge on any atom is 0.0788 e. The van der Waals surface area contributed by atoms with Crippen molar-refractivity contribution in [3.05, 3.63) is 552 Å². The van der Waals surface area contributed by atoms with E-state index in [1.807, 2.05) is 0 Å². The van der Waals surface area contributed by atoms with Gasteiger partial charge in [0.1, 0.15) is 0 Å². The van der Waals surface area contributed by atoms with Crippen molar-refractivity contribution in [2.45, 2.75) is 0 Å². The molecule has 0 N–H and O–H groups in total. The molecule has 31 aromatic rings. The predicted octanol–water partition coefficient (Wildman–Crippen LogP) is 36.6. The van der Waals surface area contributed by atoms with Crippen molar-refractivity contribution in [1.29, 1.82) is 0 Å². The molecule has 0 aliphatic heterocycles. The lowest BCUT2D eigenvalue weighted by atomic mass is 10.0. The monoisotopic (exact) mass is 1870 g/mol. The molecule has 147 heavy (non-hydrogen) atoms. The van der Waals surface area contributed by atoms with Gasteiger partial charge in [-0.05, 0) is 222 Å². The lowest BCUT2D eigenvalue weighted by Crippen LogP contribution is -2.09. The van der Waals surface area contributed by atoms with E-state index in [9.17, 15) is 0 Å². The number of rotatable bonds is 13. The first-order valence-corrected chi connectivity index (χ1v) is 50.5. The van der Waals surface area contributed by atoms with Gasteiger partial charge in [-0.15, -0.1) is 0 Å². The smallest absolute Gasteiger partial charge is 0.0788 e. The molecule has 0 bridgehead atoms. The normalized spacial score (nSPS) is 11.8. The van der Waals surface area contributed by atoms with Gasteiger partial charge < -0.3 is 41.4 Å². The third-order valence-corrected chi connectivity index (χ3v) is 30.1. The summed E-state index contributed by atoms with van der Waals surface area (Å²) in [6, 6.07) is 200. The molecular weight excluding hydrogens is 1780 g/mol. The maximum absolute atomic E-state index is 2.49. The van der Waals surface area contributed by atoms with E-state index in [0.29, 0.717) is 0 Å². The van der Waals surface area contributed by atoms with E-state index in [4.69, 9.17) is 0 Å². The van der Waals surface area contributed by atoms with Crippen LogP contribution in [-0.4, -0.2) is 36.5 Å². The van der Waals surface area contributed by atoms with Crippen LogP contribution in [0.3, 0.4) is 0 Å². The van der Waals surface area contributed by atoms with Gasteiger partial charge in [0.15, 0.2) is 0 Å². The first kappa shape index (κ1) is 84.2. The molecule has 0 radical (unpaired) electrons. The minimum absolute atomic E-state index is 1.11. The van der Waals surface area contributed by atoms with E-state index in [1.54, 1.807) is 0 Å². The summed E-state index contributed by atoms with van der Waals surface area (Å²) in [7, 11) is 0. The summed E-state index contributed by atoms with van der Waals surface area (Å²) in [6.07, 6.45) is 0. The molecule has 0 fully saturated rings. The second-order valence-corrected chi connectivity index (χ2v) is 38.2. The Kier molecular flexibility index (Phi) is 19.8. The Morgan fingerprint density at radius 2 is 0.320 bits per heavy atom. The van der Waals surface area contributed by atoms with E-state index in [2.05, 4.69) is 593 Å². The highest BCUT2D eigenvalue weighted by atomic mass is 15.1. The van der Waals surface area contributed by atoms with Crippen LogP contribution in [0.2, 0.25) is 0 Å². The summed E-state index contributed by atoms with van der Waals surface area (Å²) in [5.74, 6) is 0. The molecule has 8 aromatic heterocycles. The average Bonchev–Trinajstić information content (AvgIpc) is 1.55. The Labute approximate surface area is 846 Å². The zero-order valence-corrected chi connectivity index (χ0v) is 80.1. The lowest BCUT2D eigenvalue weighted by Gasteiger charge is -2.25. The van der Waals surface area contributed by atoms with Gasteiger partial charge in [-0.2, -0.15) is 0 Å². The molecule has 0 atom stereocenters. The van der Waals surface area contributed by atoms with Gasteiger partial charge in [0, 0.05) is 149 Å². The number of para-hydroxylation sites is 14. The molecule has 8 heterocycles. The van der Waals surface area contributed by atoms with Crippen LogP contribution in [0.25, 0.3) is 242 Å². The predicted molar refractivity (Wildman–Crippen MR) is 620 cm³/mol. The molecule has 31 rings (SSSR count). The zero-order valence-electron chi connectivity index (χ0n) is 80.1. The quantitative estimate of drug-likeness (QED) is 0.113. The highest BCUT2D eigenvalue weighted by molar-refractivity contribution is 6.29. The van der Waals surface area contributed by atoms with Crippen molar-refractivity contribution in [2.24, 2.45) is 0 Å². The van der Waals surface area contributed by atoms with Crippen LogP contribution >= 0.6 is 0 Å². The van der Waals surface area contributed by atoms with Crippen LogP contribution in [0.4, 0.5) is 17.1 Å². The average molecular weight is 1880 g/mol. The Morgan fingerprint density at radius 1 is 0.109 bits per heavy atom. The van der Waals surface area contributed by atoms with Crippen LogP contribution in [-0.2, 0) is 0 Å². The van der Waals surface area contributed by atoms with Gasteiger partial charge in [0.25, 0.3) is 0 Å². The number of anilines is 3. The van der Waals surface area contributed by atoms with Crippen molar-refractivity contribution in [2.75, 3.05) is 4.90 Å². The van der Waals surface area contributed by atoms with Gasteiger partial charge in [-0.3, -0.25) is 0 Å². The topological polar surface area (TPSA) is 42.7 Å². The van der Waals surface area contributed by atoms with Crippen LogP contribution in [0, 0.1) is 0 Å². The van der Waals surface area contributed by atoms with Crippen molar-refractivity contribution in [1.82, 2.24) is 36.5 Å². The fraction of sp³-hybridized carbons (Fsp3) is 0. The highest BCUT2D eigenvalue weighted by Crippen LogP contribution is 2.50. The molecule has 688 valence electrons. The number of aromatic nitrogens is 8. The summed E-state index contributed by atoms with van der Waals surface area (Å²) in [5, 5.41) is 20.1.